The third-order valence-electron chi connectivity index (χ3n) is 8.60. The number of amides is 2. The van der Waals surface area contributed by atoms with Crippen LogP contribution in [0.25, 0.3) is 10.6 Å². The van der Waals surface area contributed by atoms with Gasteiger partial charge >= 0.3 is 6.09 Å². The number of rotatable bonds is 5. The number of fused-ring (bicyclic) bond motifs is 1. The Morgan fingerprint density at radius 3 is 2.49 bits per heavy atom. The summed E-state index contributed by atoms with van der Waals surface area (Å²) in [6, 6.07) is 2.24. The Morgan fingerprint density at radius 1 is 1.18 bits per heavy atom. The largest absolute Gasteiger partial charge is 0.444 e. The number of aromatic nitrogens is 2. The van der Waals surface area contributed by atoms with E-state index in [9.17, 15) is 14.4 Å². The molecular weight excluding hydrogens is 514 g/mol. The van der Waals surface area contributed by atoms with E-state index in [-0.39, 0.29) is 17.4 Å². The first-order chi connectivity index (χ1) is 18.4. The Kier molecular flexibility index (Phi) is 6.24. The highest BCUT2D eigenvalue weighted by atomic mass is 32.1. The first kappa shape index (κ1) is 26.2. The predicted molar refractivity (Wildman–Crippen MR) is 150 cm³/mol. The van der Waals surface area contributed by atoms with Gasteiger partial charge in [0.15, 0.2) is 5.13 Å². The number of pyridine rings is 1. The Balaban J connectivity index is 1.32. The number of thiazole rings is 1. The van der Waals surface area contributed by atoms with Crippen LogP contribution in [0, 0.1) is 18.3 Å². The standard InChI is InChI=1S/C29H37N5O4S/c1-16-23(39-26(30-16)32-27(37)38-28(3,4)5)21-12-19-15-34(17(2)18-6-7-18)25(36)22(19)24(31-21)33-10-8-29(9-11-33)13-20(35)14-29/h12,17-18H,6-11,13-15H2,1-5H3,(H,30,32,37)/t17-/m0/s1. The number of hydrogen-bond acceptors (Lipinski definition) is 8. The number of carbonyl (C=O) groups excluding carboxylic acids is 3. The van der Waals surface area contributed by atoms with Crippen LogP contribution in [0.15, 0.2) is 6.07 Å². The minimum atomic E-state index is -0.606. The fourth-order valence-corrected chi connectivity index (χ4v) is 7.17. The molecule has 2 saturated carbocycles. The molecule has 2 amide bonds. The van der Waals surface area contributed by atoms with Crippen LogP contribution < -0.4 is 10.2 Å². The zero-order valence-electron chi connectivity index (χ0n) is 23.4. The van der Waals surface area contributed by atoms with Gasteiger partial charge in [-0.15, -0.1) is 0 Å². The Morgan fingerprint density at radius 2 is 1.87 bits per heavy atom. The summed E-state index contributed by atoms with van der Waals surface area (Å²) in [4.78, 5) is 52.6. The molecule has 2 aromatic heterocycles. The molecule has 4 aliphatic rings. The van der Waals surface area contributed by atoms with Crippen molar-refractivity contribution in [3.8, 4) is 10.6 Å². The quantitative estimate of drug-likeness (QED) is 0.518. The van der Waals surface area contributed by atoms with Gasteiger partial charge in [0.05, 0.1) is 21.8 Å². The molecule has 1 spiro atoms. The average Bonchev–Trinajstić information content (AvgIpc) is 3.55. The fourth-order valence-electron chi connectivity index (χ4n) is 6.26. The van der Waals surface area contributed by atoms with Crippen molar-refractivity contribution in [2.75, 3.05) is 23.3 Å². The van der Waals surface area contributed by atoms with Crippen LogP contribution >= 0.6 is 11.3 Å². The highest BCUT2D eigenvalue weighted by Gasteiger charge is 2.47. The minimum absolute atomic E-state index is 0.0749. The summed E-state index contributed by atoms with van der Waals surface area (Å²) in [5, 5.41) is 3.21. The van der Waals surface area contributed by atoms with E-state index in [2.05, 4.69) is 22.1 Å². The summed E-state index contributed by atoms with van der Waals surface area (Å²) in [5.74, 6) is 1.76. The number of Topliss-reactive ketones (excluding diaryl/α,β-unsaturated/α-hetero) is 1. The molecule has 1 saturated heterocycles. The molecule has 4 heterocycles. The molecule has 2 aliphatic carbocycles. The van der Waals surface area contributed by atoms with E-state index >= 15 is 0 Å². The number of aryl methyl sites for hydroxylation is 1. The molecule has 9 nitrogen and oxygen atoms in total. The summed E-state index contributed by atoms with van der Waals surface area (Å²) < 4.78 is 5.39. The van der Waals surface area contributed by atoms with Crippen molar-refractivity contribution in [1.82, 2.24) is 14.9 Å². The number of carbonyl (C=O) groups is 3. The third-order valence-corrected chi connectivity index (χ3v) is 9.69. The first-order valence-electron chi connectivity index (χ1n) is 14.0. The van der Waals surface area contributed by atoms with Gasteiger partial charge in [0, 0.05) is 38.5 Å². The van der Waals surface area contributed by atoms with E-state index in [0.29, 0.717) is 36.2 Å². The van der Waals surface area contributed by atoms with E-state index in [1.54, 1.807) is 0 Å². The van der Waals surface area contributed by atoms with Crippen LogP contribution in [0.3, 0.4) is 0 Å². The summed E-state index contributed by atoms with van der Waals surface area (Å²) >= 11 is 1.36. The number of anilines is 2. The molecule has 3 fully saturated rings. The lowest BCUT2D eigenvalue weighted by Gasteiger charge is -2.47. The van der Waals surface area contributed by atoms with Gasteiger partial charge in [-0.05, 0) is 83.3 Å². The number of nitrogens with zero attached hydrogens (tertiary/aromatic N) is 4. The topological polar surface area (TPSA) is 105 Å². The van der Waals surface area contributed by atoms with Crippen LogP contribution in [0.1, 0.15) is 87.8 Å². The monoisotopic (exact) mass is 551 g/mol. The number of nitrogens with one attached hydrogen (secondary N) is 1. The second-order valence-electron chi connectivity index (χ2n) is 12.8. The van der Waals surface area contributed by atoms with Gasteiger partial charge in [0.2, 0.25) is 0 Å². The van der Waals surface area contributed by atoms with E-state index in [1.807, 2.05) is 38.7 Å². The van der Waals surface area contributed by atoms with Gasteiger partial charge in [-0.3, -0.25) is 14.9 Å². The first-order valence-corrected chi connectivity index (χ1v) is 14.8. The van der Waals surface area contributed by atoms with E-state index in [1.165, 1.54) is 24.2 Å². The van der Waals surface area contributed by atoms with Crippen LogP contribution in [0.5, 0.6) is 0 Å². The van der Waals surface area contributed by atoms with Crippen LogP contribution in [-0.2, 0) is 16.1 Å². The third kappa shape index (κ3) is 5.03. The number of hydrogen-bond donors (Lipinski definition) is 1. The van der Waals surface area contributed by atoms with Gasteiger partial charge in [0.25, 0.3) is 5.91 Å². The van der Waals surface area contributed by atoms with Crippen molar-refractivity contribution in [1.29, 1.82) is 0 Å². The summed E-state index contributed by atoms with van der Waals surface area (Å²) in [6.45, 7) is 11.7. The molecule has 2 aromatic rings. The van der Waals surface area contributed by atoms with Crippen LogP contribution in [0.4, 0.5) is 15.7 Å². The Hall–Kier alpha value is -3.01. The molecule has 0 unspecified atom stereocenters. The lowest BCUT2D eigenvalue weighted by molar-refractivity contribution is -0.133. The van der Waals surface area contributed by atoms with Crippen molar-refractivity contribution >= 4 is 40.1 Å². The van der Waals surface area contributed by atoms with Crippen molar-refractivity contribution in [3.63, 3.8) is 0 Å². The molecule has 1 atom stereocenters. The minimum Gasteiger partial charge on any atom is -0.444 e. The molecule has 0 radical (unpaired) electrons. The van der Waals surface area contributed by atoms with Crippen LogP contribution in [-0.4, -0.2) is 57.4 Å². The predicted octanol–water partition coefficient (Wildman–Crippen LogP) is 5.56. The fraction of sp³-hybridized carbons (Fsp3) is 0.621. The van der Waals surface area contributed by atoms with Crippen molar-refractivity contribution in [2.24, 2.45) is 11.3 Å². The molecule has 1 N–H and O–H groups in total. The summed E-state index contributed by atoms with van der Waals surface area (Å²) in [6.07, 6.45) is 5.07. The van der Waals surface area contributed by atoms with Crippen molar-refractivity contribution in [2.45, 2.75) is 91.3 Å². The maximum atomic E-state index is 13.8. The Bertz CT molecular complexity index is 1340. The van der Waals surface area contributed by atoms with E-state index < -0.39 is 11.7 Å². The molecule has 2 aliphatic heterocycles. The lowest BCUT2D eigenvalue weighted by Crippen LogP contribution is -2.48. The SMILES string of the molecule is Cc1nc(NC(=O)OC(C)(C)C)sc1-c1cc2c(c(N3CCC4(CC3)CC(=O)C4)n1)C(=O)N([C@@H](C)C1CC1)C2. The van der Waals surface area contributed by atoms with Gasteiger partial charge < -0.3 is 14.5 Å². The maximum Gasteiger partial charge on any atom is 0.413 e. The highest BCUT2D eigenvalue weighted by Crippen LogP contribution is 2.48. The molecule has 6 rings (SSSR count). The van der Waals surface area contributed by atoms with E-state index in [4.69, 9.17) is 9.72 Å². The average molecular weight is 552 g/mol. The highest BCUT2D eigenvalue weighted by molar-refractivity contribution is 7.19. The summed E-state index contributed by atoms with van der Waals surface area (Å²) in [5.41, 5.74) is 2.79. The number of piperidine rings is 1. The zero-order valence-corrected chi connectivity index (χ0v) is 24.2. The van der Waals surface area contributed by atoms with Crippen molar-refractivity contribution < 1.29 is 19.1 Å². The molecular formula is C29H37N5O4S. The van der Waals surface area contributed by atoms with Crippen molar-refractivity contribution in [3.05, 3.63) is 22.9 Å². The molecule has 10 heteroatoms. The maximum absolute atomic E-state index is 13.8. The molecule has 208 valence electrons. The second-order valence-corrected chi connectivity index (χ2v) is 13.8. The molecule has 39 heavy (non-hydrogen) atoms. The smallest absolute Gasteiger partial charge is 0.413 e. The normalized spacial score (nSPS) is 21.2. The van der Waals surface area contributed by atoms with Gasteiger partial charge in [-0.1, -0.05) is 11.3 Å². The molecule has 0 aromatic carbocycles. The lowest BCUT2D eigenvalue weighted by atomic mass is 9.62. The summed E-state index contributed by atoms with van der Waals surface area (Å²) in [7, 11) is 0. The van der Waals surface area contributed by atoms with Gasteiger partial charge in [-0.2, -0.15) is 0 Å². The number of ether oxygens (including phenoxy) is 1. The van der Waals surface area contributed by atoms with E-state index in [0.717, 1.165) is 59.1 Å². The zero-order chi connectivity index (χ0) is 27.7. The van der Waals surface area contributed by atoms with Gasteiger partial charge in [0.1, 0.15) is 17.2 Å². The van der Waals surface area contributed by atoms with Gasteiger partial charge in [-0.25, -0.2) is 14.8 Å². The molecule has 0 bridgehead atoms. The second kappa shape index (κ2) is 9.28. The number of ketones is 1. The van der Waals surface area contributed by atoms with Crippen LogP contribution in [0.2, 0.25) is 0 Å². The Labute approximate surface area is 233 Å².